The highest BCUT2D eigenvalue weighted by Crippen LogP contribution is 2.26. The van der Waals surface area contributed by atoms with Crippen molar-refractivity contribution in [2.45, 2.75) is 6.92 Å². The molecule has 0 saturated heterocycles. The molecule has 0 N–H and O–H groups in total. The Morgan fingerprint density at radius 1 is 1.24 bits per heavy atom. The summed E-state index contributed by atoms with van der Waals surface area (Å²) in [6.07, 6.45) is 1.69. The number of esters is 1. The van der Waals surface area contributed by atoms with Gasteiger partial charge in [0.05, 0.1) is 12.7 Å². The van der Waals surface area contributed by atoms with Gasteiger partial charge in [-0.25, -0.2) is 4.79 Å². The number of methoxy groups -OCH3 is 1. The quantitative estimate of drug-likeness (QED) is 0.669. The molecular formula is C15H12BrN3O2. The number of halogens is 1. The van der Waals surface area contributed by atoms with Gasteiger partial charge in [-0.3, -0.25) is 4.40 Å². The molecule has 0 radical (unpaired) electrons. The summed E-state index contributed by atoms with van der Waals surface area (Å²) in [4.78, 5) is 11.7. The Balaban J connectivity index is 2.23. The number of hydrogen-bond acceptors (Lipinski definition) is 4. The zero-order valence-corrected chi connectivity index (χ0v) is 13.1. The van der Waals surface area contributed by atoms with E-state index >= 15 is 0 Å². The van der Waals surface area contributed by atoms with Crippen molar-refractivity contribution in [3.63, 3.8) is 0 Å². The Bertz CT molecular complexity index is 842. The lowest BCUT2D eigenvalue weighted by molar-refractivity contribution is 0.0600. The largest absolute Gasteiger partial charge is 0.465 e. The smallest absolute Gasteiger partial charge is 0.339 e. The van der Waals surface area contributed by atoms with E-state index in [9.17, 15) is 4.79 Å². The molecule has 0 aliphatic carbocycles. The zero-order valence-electron chi connectivity index (χ0n) is 11.5. The van der Waals surface area contributed by atoms with Crippen molar-refractivity contribution in [2.24, 2.45) is 0 Å². The fraction of sp³-hybridized carbons (Fsp3) is 0.133. The molecule has 1 aromatic carbocycles. The van der Waals surface area contributed by atoms with Gasteiger partial charge in [-0.1, -0.05) is 22.0 Å². The minimum Gasteiger partial charge on any atom is -0.465 e. The molecule has 0 spiro atoms. The first kappa shape index (κ1) is 13.8. The average Bonchev–Trinajstić information content (AvgIpc) is 2.91. The molecule has 0 atom stereocenters. The van der Waals surface area contributed by atoms with Gasteiger partial charge in [0.2, 0.25) is 0 Å². The Labute approximate surface area is 129 Å². The predicted octanol–water partition coefficient (Wildman–Crippen LogP) is 3.25. The summed E-state index contributed by atoms with van der Waals surface area (Å²) in [6, 6.07) is 9.38. The number of benzene rings is 1. The molecule has 106 valence electrons. The topological polar surface area (TPSA) is 56.5 Å². The van der Waals surface area contributed by atoms with Crippen molar-refractivity contribution >= 4 is 27.5 Å². The molecule has 5 nitrogen and oxygen atoms in total. The Kier molecular flexibility index (Phi) is 3.47. The van der Waals surface area contributed by atoms with Crippen LogP contribution >= 0.6 is 15.9 Å². The van der Waals surface area contributed by atoms with E-state index < -0.39 is 0 Å². The van der Waals surface area contributed by atoms with E-state index in [-0.39, 0.29) is 5.97 Å². The standard InChI is InChI=1S/C15H12BrN3O2/c1-9-3-5-11(16)7-12(9)14-18-17-13-6-4-10(8-19(13)14)15(20)21-2/h3-8H,1-2H3. The number of rotatable bonds is 2. The highest BCUT2D eigenvalue weighted by Gasteiger charge is 2.13. The van der Waals surface area contributed by atoms with Crippen molar-refractivity contribution in [3.05, 3.63) is 52.1 Å². The van der Waals surface area contributed by atoms with Gasteiger partial charge in [0.1, 0.15) is 0 Å². The minimum absolute atomic E-state index is 0.387. The van der Waals surface area contributed by atoms with Crippen LogP contribution in [-0.2, 0) is 4.74 Å². The van der Waals surface area contributed by atoms with Gasteiger partial charge < -0.3 is 4.74 Å². The highest BCUT2D eigenvalue weighted by atomic mass is 79.9. The number of aryl methyl sites for hydroxylation is 1. The number of carbonyl (C=O) groups is 1. The summed E-state index contributed by atoms with van der Waals surface area (Å²) in [7, 11) is 1.36. The first-order valence-corrected chi connectivity index (χ1v) is 7.09. The second kappa shape index (κ2) is 5.29. The summed E-state index contributed by atoms with van der Waals surface area (Å²) in [5.74, 6) is 0.303. The van der Waals surface area contributed by atoms with Gasteiger partial charge in [-0.15, -0.1) is 10.2 Å². The van der Waals surface area contributed by atoms with Gasteiger partial charge in [0.15, 0.2) is 11.5 Å². The third-order valence-corrected chi connectivity index (χ3v) is 3.76. The third kappa shape index (κ3) is 2.42. The maximum Gasteiger partial charge on any atom is 0.339 e. The summed E-state index contributed by atoms with van der Waals surface area (Å²) >= 11 is 3.46. The van der Waals surface area contributed by atoms with Crippen molar-refractivity contribution in [1.29, 1.82) is 0 Å². The SMILES string of the molecule is COC(=O)c1ccc2nnc(-c3cc(Br)ccc3C)n2c1. The molecule has 0 aliphatic heterocycles. The summed E-state index contributed by atoms with van der Waals surface area (Å²) in [6.45, 7) is 2.01. The van der Waals surface area contributed by atoms with Crippen molar-refractivity contribution in [3.8, 4) is 11.4 Å². The number of carbonyl (C=O) groups excluding carboxylic acids is 1. The predicted molar refractivity (Wildman–Crippen MR) is 82.2 cm³/mol. The van der Waals surface area contributed by atoms with Gasteiger partial charge in [0, 0.05) is 16.2 Å². The normalized spacial score (nSPS) is 10.8. The molecule has 2 aromatic heterocycles. The number of ether oxygens (including phenoxy) is 1. The number of hydrogen-bond donors (Lipinski definition) is 0. The van der Waals surface area contributed by atoms with Crippen LogP contribution < -0.4 is 0 Å². The molecule has 0 fully saturated rings. The Morgan fingerprint density at radius 3 is 2.81 bits per heavy atom. The van der Waals surface area contributed by atoms with Crippen molar-refractivity contribution in [1.82, 2.24) is 14.6 Å². The molecule has 0 bridgehead atoms. The Hall–Kier alpha value is -2.21. The monoisotopic (exact) mass is 345 g/mol. The molecule has 0 amide bonds. The van der Waals surface area contributed by atoms with Crippen LogP contribution in [0.1, 0.15) is 15.9 Å². The molecular weight excluding hydrogens is 334 g/mol. The van der Waals surface area contributed by atoms with Gasteiger partial charge in [-0.05, 0) is 36.8 Å². The highest BCUT2D eigenvalue weighted by molar-refractivity contribution is 9.10. The molecule has 3 rings (SSSR count). The zero-order chi connectivity index (χ0) is 15.0. The van der Waals surface area contributed by atoms with E-state index in [2.05, 4.69) is 26.1 Å². The van der Waals surface area contributed by atoms with Crippen LogP contribution in [-0.4, -0.2) is 27.7 Å². The lowest BCUT2D eigenvalue weighted by Crippen LogP contribution is -2.03. The number of pyridine rings is 1. The van der Waals surface area contributed by atoms with E-state index in [0.717, 1.165) is 15.6 Å². The lowest BCUT2D eigenvalue weighted by Gasteiger charge is -2.06. The van der Waals surface area contributed by atoms with E-state index in [1.165, 1.54) is 7.11 Å². The first-order chi connectivity index (χ1) is 10.1. The summed E-state index contributed by atoms with van der Waals surface area (Å²) < 4.78 is 7.50. The molecule has 0 unspecified atom stereocenters. The van der Waals surface area contributed by atoms with Crippen LogP contribution in [0, 0.1) is 6.92 Å². The van der Waals surface area contributed by atoms with Crippen molar-refractivity contribution < 1.29 is 9.53 Å². The van der Waals surface area contributed by atoms with Crippen LogP contribution in [0.15, 0.2) is 41.0 Å². The molecule has 21 heavy (non-hydrogen) atoms. The van der Waals surface area contributed by atoms with Gasteiger partial charge in [-0.2, -0.15) is 0 Å². The lowest BCUT2D eigenvalue weighted by atomic mass is 10.1. The minimum atomic E-state index is -0.387. The number of aromatic nitrogens is 3. The molecule has 3 aromatic rings. The van der Waals surface area contributed by atoms with Crippen LogP contribution in [0.3, 0.4) is 0 Å². The second-order valence-corrected chi connectivity index (χ2v) is 5.54. The number of fused-ring (bicyclic) bond motifs is 1. The molecule has 2 heterocycles. The fourth-order valence-electron chi connectivity index (χ4n) is 2.15. The summed E-state index contributed by atoms with van der Waals surface area (Å²) in [5, 5.41) is 8.37. The maximum atomic E-state index is 11.7. The van der Waals surface area contributed by atoms with Crippen LogP contribution in [0.4, 0.5) is 0 Å². The third-order valence-electron chi connectivity index (χ3n) is 3.26. The van der Waals surface area contributed by atoms with Crippen LogP contribution in [0.2, 0.25) is 0 Å². The van der Waals surface area contributed by atoms with Gasteiger partial charge in [0.25, 0.3) is 0 Å². The average molecular weight is 346 g/mol. The van der Waals surface area contributed by atoms with Gasteiger partial charge >= 0.3 is 5.97 Å². The van der Waals surface area contributed by atoms with E-state index in [0.29, 0.717) is 17.0 Å². The van der Waals surface area contributed by atoms with E-state index in [1.807, 2.05) is 25.1 Å². The summed E-state index contributed by atoms with van der Waals surface area (Å²) in [5.41, 5.74) is 3.17. The number of nitrogens with zero attached hydrogens (tertiary/aromatic N) is 3. The first-order valence-electron chi connectivity index (χ1n) is 6.30. The molecule has 6 heteroatoms. The van der Waals surface area contributed by atoms with E-state index in [4.69, 9.17) is 4.74 Å². The van der Waals surface area contributed by atoms with Crippen LogP contribution in [0.5, 0.6) is 0 Å². The Morgan fingerprint density at radius 2 is 2.05 bits per heavy atom. The second-order valence-electron chi connectivity index (χ2n) is 4.62. The van der Waals surface area contributed by atoms with E-state index in [1.54, 1.807) is 22.7 Å². The van der Waals surface area contributed by atoms with Crippen LogP contribution in [0.25, 0.3) is 17.0 Å². The molecule has 0 saturated carbocycles. The fourth-order valence-corrected chi connectivity index (χ4v) is 2.51. The maximum absolute atomic E-state index is 11.7. The molecule has 0 aliphatic rings. The van der Waals surface area contributed by atoms with Crippen molar-refractivity contribution in [2.75, 3.05) is 7.11 Å².